The minimum absolute atomic E-state index is 0.0503. The summed E-state index contributed by atoms with van der Waals surface area (Å²) >= 11 is 0. The van der Waals surface area contributed by atoms with Gasteiger partial charge in [-0.05, 0) is 69.3 Å². The maximum atomic E-state index is 11.8. The fourth-order valence-corrected chi connectivity index (χ4v) is 2.42. The van der Waals surface area contributed by atoms with Crippen LogP contribution in [0, 0.1) is 0 Å². The van der Waals surface area contributed by atoms with Crippen LogP contribution in [0.3, 0.4) is 0 Å². The van der Waals surface area contributed by atoms with Crippen molar-refractivity contribution in [3.05, 3.63) is 54.6 Å². The van der Waals surface area contributed by atoms with E-state index in [1.165, 1.54) is 4.90 Å². The molecule has 0 saturated carbocycles. The SMILES string of the molecule is CCN(C)C(=O)Oc1cc(-c2ccc(Oc3ccc(OC(C)C)cc3)cc2)no1. The molecule has 0 aliphatic heterocycles. The van der Waals surface area contributed by atoms with Crippen LogP contribution in [-0.2, 0) is 0 Å². The van der Waals surface area contributed by atoms with Crippen LogP contribution in [-0.4, -0.2) is 35.8 Å². The third kappa shape index (κ3) is 5.51. The Labute approximate surface area is 169 Å². The maximum absolute atomic E-state index is 11.8. The van der Waals surface area contributed by atoms with Gasteiger partial charge in [0.15, 0.2) is 0 Å². The predicted octanol–water partition coefficient (Wildman–Crippen LogP) is 5.37. The third-order valence-corrected chi connectivity index (χ3v) is 4.04. The molecule has 0 radical (unpaired) electrons. The second-order valence-corrected chi connectivity index (χ2v) is 6.68. The monoisotopic (exact) mass is 396 g/mol. The van der Waals surface area contributed by atoms with Crippen molar-refractivity contribution in [1.82, 2.24) is 10.1 Å². The van der Waals surface area contributed by atoms with Crippen LogP contribution in [0.15, 0.2) is 59.1 Å². The van der Waals surface area contributed by atoms with E-state index in [1.807, 2.05) is 69.3 Å². The number of aromatic nitrogens is 1. The highest BCUT2D eigenvalue weighted by atomic mass is 16.7. The summed E-state index contributed by atoms with van der Waals surface area (Å²) in [6.07, 6.45) is -0.369. The quantitative estimate of drug-likeness (QED) is 0.534. The number of hydrogen-bond donors (Lipinski definition) is 0. The van der Waals surface area contributed by atoms with Gasteiger partial charge in [0.2, 0.25) is 0 Å². The highest BCUT2D eigenvalue weighted by Crippen LogP contribution is 2.28. The average molecular weight is 396 g/mol. The molecule has 0 saturated heterocycles. The van der Waals surface area contributed by atoms with E-state index in [0.29, 0.717) is 23.7 Å². The number of rotatable bonds is 7. The van der Waals surface area contributed by atoms with Crippen molar-refractivity contribution in [2.75, 3.05) is 13.6 Å². The Kier molecular flexibility index (Phi) is 6.39. The van der Waals surface area contributed by atoms with Crippen molar-refractivity contribution in [2.24, 2.45) is 0 Å². The van der Waals surface area contributed by atoms with Gasteiger partial charge in [0.25, 0.3) is 0 Å². The molecule has 0 aliphatic rings. The number of ether oxygens (including phenoxy) is 3. The van der Waals surface area contributed by atoms with Gasteiger partial charge in [0.1, 0.15) is 22.9 Å². The molecule has 152 valence electrons. The first kappa shape index (κ1) is 20.3. The van der Waals surface area contributed by atoms with E-state index in [1.54, 1.807) is 13.1 Å². The molecule has 1 heterocycles. The van der Waals surface area contributed by atoms with Crippen molar-refractivity contribution in [3.63, 3.8) is 0 Å². The molecule has 3 rings (SSSR count). The van der Waals surface area contributed by atoms with Gasteiger partial charge in [0.05, 0.1) is 12.2 Å². The normalized spacial score (nSPS) is 10.7. The molecule has 7 heteroatoms. The molecular weight excluding hydrogens is 372 g/mol. The van der Waals surface area contributed by atoms with E-state index in [0.717, 1.165) is 11.3 Å². The summed E-state index contributed by atoms with van der Waals surface area (Å²) in [6, 6.07) is 16.4. The lowest BCUT2D eigenvalue weighted by molar-refractivity contribution is 0.148. The molecule has 29 heavy (non-hydrogen) atoms. The molecule has 2 aromatic carbocycles. The van der Waals surface area contributed by atoms with Gasteiger partial charge in [-0.1, -0.05) is 5.16 Å². The standard InChI is InChI=1S/C22H24N2O5/c1-5-24(4)22(25)28-21-14-20(23-29-21)16-6-8-18(9-7-16)27-19-12-10-17(11-13-19)26-15(2)3/h6-15H,5H2,1-4H3. The van der Waals surface area contributed by atoms with Crippen molar-refractivity contribution in [1.29, 1.82) is 0 Å². The van der Waals surface area contributed by atoms with Crippen molar-refractivity contribution in [2.45, 2.75) is 26.9 Å². The van der Waals surface area contributed by atoms with Gasteiger partial charge in [-0.3, -0.25) is 0 Å². The topological polar surface area (TPSA) is 74.0 Å². The molecular formula is C22H24N2O5. The molecule has 0 N–H and O–H groups in total. The zero-order chi connectivity index (χ0) is 20.8. The summed E-state index contributed by atoms with van der Waals surface area (Å²) in [5, 5.41) is 3.95. The van der Waals surface area contributed by atoms with E-state index in [2.05, 4.69) is 5.16 Å². The highest BCUT2D eigenvalue weighted by Gasteiger charge is 2.14. The lowest BCUT2D eigenvalue weighted by Gasteiger charge is -2.11. The highest BCUT2D eigenvalue weighted by molar-refractivity contribution is 5.70. The van der Waals surface area contributed by atoms with Gasteiger partial charge in [-0.25, -0.2) is 4.79 Å². The van der Waals surface area contributed by atoms with Crippen LogP contribution in [0.5, 0.6) is 23.2 Å². The van der Waals surface area contributed by atoms with E-state index >= 15 is 0 Å². The Morgan fingerprint density at radius 2 is 1.62 bits per heavy atom. The minimum Gasteiger partial charge on any atom is -0.491 e. The predicted molar refractivity (Wildman–Crippen MR) is 109 cm³/mol. The fourth-order valence-electron chi connectivity index (χ4n) is 2.42. The van der Waals surface area contributed by atoms with Crippen molar-refractivity contribution >= 4 is 6.09 Å². The molecule has 3 aromatic rings. The van der Waals surface area contributed by atoms with Gasteiger partial charge in [-0.2, -0.15) is 0 Å². The first-order chi connectivity index (χ1) is 13.9. The molecule has 0 bridgehead atoms. The van der Waals surface area contributed by atoms with Crippen LogP contribution < -0.4 is 14.2 Å². The Morgan fingerprint density at radius 3 is 2.21 bits per heavy atom. The molecule has 1 aromatic heterocycles. The first-order valence-electron chi connectivity index (χ1n) is 9.39. The van der Waals surface area contributed by atoms with E-state index < -0.39 is 6.09 Å². The zero-order valence-corrected chi connectivity index (χ0v) is 16.9. The fraction of sp³-hybridized carbons (Fsp3) is 0.273. The Bertz CT molecular complexity index is 933. The second-order valence-electron chi connectivity index (χ2n) is 6.68. The first-order valence-corrected chi connectivity index (χ1v) is 9.39. The van der Waals surface area contributed by atoms with Crippen LogP contribution in [0.1, 0.15) is 20.8 Å². The van der Waals surface area contributed by atoms with Crippen LogP contribution in [0.2, 0.25) is 0 Å². The van der Waals surface area contributed by atoms with Crippen molar-refractivity contribution < 1.29 is 23.5 Å². The number of carbonyl (C=O) groups is 1. The van der Waals surface area contributed by atoms with Gasteiger partial charge in [0, 0.05) is 19.2 Å². The maximum Gasteiger partial charge on any atom is 0.417 e. The molecule has 0 fully saturated rings. The van der Waals surface area contributed by atoms with Gasteiger partial charge in [-0.15, -0.1) is 0 Å². The number of carbonyl (C=O) groups excluding carboxylic acids is 1. The smallest absolute Gasteiger partial charge is 0.417 e. The molecule has 0 atom stereocenters. The largest absolute Gasteiger partial charge is 0.491 e. The summed E-state index contributed by atoms with van der Waals surface area (Å²) < 4.78 is 21.7. The van der Waals surface area contributed by atoms with Gasteiger partial charge < -0.3 is 23.6 Å². The Morgan fingerprint density at radius 1 is 1.03 bits per heavy atom. The Hall–Kier alpha value is -3.48. The minimum atomic E-state index is -0.497. The van der Waals surface area contributed by atoms with Gasteiger partial charge >= 0.3 is 12.0 Å². The molecule has 0 unspecified atom stereocenters. The van der Waals surface area contributed by atoms with Crippen LogP contribution >= 0.6 is 0 Å². The zero-order valence-electron chi connectivity index (χ0n) is 16.9. The van der Waals surface area contributed by atoms with Crippen LogP contribution in [0.25, 0.3) is 11.3 Å². The summed E-state index contributed by atoms with van der Waals surface area (Å²) in [4.78, 5) is 13.2. The third-order valence-electron chi connectivity index (χ3n) is 4.04. The van der Waals surface area contributed by atoms with Crippen LogP contribution in [0.4, 0.5) is 4.79 Å². The molecule has 0 spiro atoms. The number of nitrogens with zero attached hydrogens (tertiary/aromatic N) is 2. The average Bonchev–Trinajstić information content (AvgIpc) is 3.17. The summed E-state index contributed by atoms with van der Waals surface area (Å²) in [5.41, 5.74) is 1.38. The van der Waals surface area contributed by atoms with E-state index in [-0.39, 0.29) is 12.1 Å². The summed E-state index contributed by atoms with van der Waals surface area (Å²) in [7, 11) is 1.64. The second kappa shape index (κ2) is 9.14. The van der Waals surface area contributed by atoms with E-state index in [4.69, 9.17) is 18.7 Å². The number of hydrogen-bond acceptors (Lipinski definition) is 6. The molecule has 7 nitrogen and oxygen atoms in total. The van der Waals surface area contributed by atoms with E-state index in [9.17, 15) is 4.79 Å². The number of benzene rings is 2. The summed E-state index contributed by atoms with van der Waals surface area (Å²) in [5.74, 6) is 2.25. The molecule has 1 amide bonds. The Balaban J connectivity index is 1.62. The lowest BCUT2D eigenvalue weighted by atomic mass is 10.1. The molecule has 0 aliphatic carbocycles. The number of amides is 1. The van der Waals surface area contributed by atoms with Crippen molar-refractivity contribution in [3.8, 4) is 34.5 Å². The lowest BCUT2D eigenvalue weighted by Crippen LogP contribution is -2.29. The summed E-state index contributed by atoms with van der Waals surface area (Å²) in [6.45, 7) is 6.36.